The van der Waals surface area contributed by atoms with E-state index in [-0.39, 0.29) is 64.2 Å². The zero-order valence-corrected chi connectivity index (χ0v) is 12.7. The third-order valence-corrected chi connectivity index (χ3v) is 2.47. The molecule has 1 atom stereocenters. The van der Waals surface area contributed by atoms with Crippen LogP contribution in [0.1, 0.15) is 12.0 Å². The third kappa shape index (κ3) is 5.53. The average molecular weight is 277 g/mol. The Labute approximate surface area is 140 Å². The van der Waals surface area contributed by atoms with Crippen molar-refractivity contribution in [3.05, 3.63) is 34.9 Å². The van der Waals surface area contributed by atoms with Gasteiger partial charge in [0, 0.05) is 11.0 Å². The molecule has 0 aliphatic rings. The SMILES string of the molecule is OC(CCc1ccccc1Cl)[B-](F)(F)F.[K+]. The molecule has 1 N–H and O–H groups in total. The molecule has 1 aromatic rings. The van der Waals surface area contributed by atoms with Gasteiger partial charge in [-0.05, 0) is 24.5 Å². The molecule has 7 heteroatoms. The molecule has 0 heterocycles. The molecule has 0 amide bonds. The zero-order valence-electron chi connectivity index (χ0n) is 8.84. The molecule has 0 saturated heterocycles. The zero-order chi connectivity index (χ0) is 11.5. The van der Waals surface area contributed by atoms with Gasteiger partial charge in [-0.25, -0.2) is 0 Å². The molecular weight excluding hydrogens is 266 g/mol. The van der Waals surface area contributed by atoms with Crippen LogP contribution in [0.2, 0.25) is 5.02 Å². The predicted molar refractivity (Wildman–Crippen MR) is 54.9 cm³/mol. The van der Waals surface area contributed by atoms with Crippen LogP contribution in [0, 0.1) is 0 Å². The summed E-state index contributed by atoms with van der Waals surface area (Å²) in [6, 6.07) is 4.45. The van der Waals surface area contributed by atoms with Gasteiger partial charge < -0.3 is 18.1 Å². The Hall–Kier alpha value is 0.961. The van der Waals surface area contributed by atoms with Gasteiger partial charge in [-0.15, -0.1) is 0 Å². The van der Waals surface area contributed by atoms with Gasteiger partial charge in [-0.1, -0.05) is 29.8 Å². The minimum Gasteiger partial charge on any atom is -0.447 e. The van der Waals surface area contributed by atoms with Gasteiger partial charge in [0.1, 0.15) is 0 Å². The molecule has 1 rings (SSSR count). The van der Waals surface area contributed by atoms with Crippen molar-refractivity contribution in [2.45, 2.75) is 18.8 Å². The molecule has 0 aliphatic heterocycles. The Morgan fingerprint density at radius 3 is 2.31 bits per heavy atom. The topological polar surface area (TPSA) is 20.2 Å². The van der Waals surface area contributed by atoms with E-state index in [2.05, 4.69) is 0 Å². The van der Waals surface area contributed by atoms with Crippen molar-refractivity contribution in [2.24, 2.45) is 0 Å². The van der Waals surface area contributed by atoms with E-state index >= 15 is 0 Å². The Bertz CT molecular complexity index is 335. The monoisotopic (exact) mass is 276 g/mol. The largest absolute Gasteiger partial charge is 1.00 e. The first-order valence-electron chi connectivity index (χ1n) is 4.52. The normalized spacial score (nSPS) is 13.1. The van der Waals surface area contributed by atoms with Crippen LogP contribution in [0.5, 0.6) is 0 Å². The van der Waals surface area contributed by atoms with E-state index in [1.807, 2.05) is 0 Å². The Morgan fingerprint density at radius 2 is 1.81 bits per heavy atom. The van der Waals surface area contributed by atoms with Gasteiger partial charge in [0.15, 0.2) is 0 Å². The van der Waals surface area contributed by atoms with E-state index in [0.29, 0.717) is 10.6 Å². The van der Waals surface area contributed by atoms with Crippen molar-refractivity contribution in [3.8, 4) is 0 Å². The molecular formula is C9H10BClF3KO. The quantitative estimate of drug-likeness (QED) is 0.769. The van der Waals surface area contributed by atoms with E-state index < -0.39 is 13.0 Å². The van der Waals surface area contributed by atoms with E-state index in [9.17, 15) is 12.9 Å². The summed E-state index contributed by atoms with van der Waals surface area (Å²) in [5.41, 5.74) is 0.623. The maximum Gasteiger partial charge on any atom is 1.00 e. The molecule has 0 aliphatic carbocycles. The van der Waals surface area contributed by atoms with Crippen LogP contribution >= 0.6 is 11.6 Å². The number of aryl methyl sites for hydroxylation is 1. The van der Waals surface area contributed by atoms with Crippen LogP contribution < -0.4 is 51.4 Å². The van der Waals surface area contributed by atoms with Crippen molar-refractivity contribution in [3.63, 3.8) is 0 Å². The summed E-state index contributed by atoms with van der Waals surface area (Å²) in [5, 5.41) is 9.23. The molecule has 84 valence electrons. The van der Waals surface area contributed by atoms with Crippen LogP contribution in [0.25, 0.3) is 0 Å². The molecule has 0 radical (unpaired) electrons. The van der Waals surface area contributed by atoms with Gasteiger partial charge in [-0.2, -0.15) is 0 Å². The van der Waals surface area contributed by atoms with Crippen molar-refractivity contribution in [1.82, 2.24) is 0 Å². The second-order valence-corrected chi connectivity index (χ2v) is 3.73. The average Bonchev–Trinajstić information content (AvgIpc) is 2.14. The number of rotatable bonds is 4. The maximum absolute atomic E-state index is 12.0. The summed E-state index contributed by atoms with van der Waals surface area (Å²) < 4.78 is 36.1. The standard InChI is InChI=1S/C9H10BClF3O.K/c11-8-4-2-1-3-7(8)5-6-9(15)10(12,13)14;/h1-4,9,15H,5-6H2;/q-1;+1. The number of hydrogen-bond acceptors (Lipinski definition) is 1. The Morgan fingerprint density at radius 1 is 1.25 bits per heavy atom. The van der Waals surface area contributed by atoms with Gasteiger partial charge in [0.25, 0.3) is 0 Å². The molecule has 0 bridgehead atoms. The van der Waals surface area contributed by atoms with Crippen LogP contribution in [0.3, 0.4) is 0 Å². The van der Waals surface area contributed by atoms with E-state index in [0.717, 1.165) is 0 Å². The molecule has 0 spiro atoms. The minimum atomic E-state index is -5.17. The smallest absolute Gasteiger partial charge is 0.447 e. The van der Waals surface area contributed by atoms with E-state index in [4.69, 9.17) is 16.7 Å². The van der Waals surface area contributed by atoms with Crippen molar-refractivity contribution in [1.29, 1.82) is 0 Å². The fourth-order valence-electron chi connectivity index (χ4n) is 1.19. The first kappa shape index (κ1) is 17.0. The van der Waals surface area contributed by atoms with E-state index in [1.54, 1.807) is 24.3 Å². The summed E-state index contributed by atoms with van der Waals surface area (Å²) in [4.78, 5) is 0. The van der Waals surface area contributed by atoms with Gasteiger partial charge in [0.05, 0.1) is 0 Å². The molecule has 0 aromatic heterocycles. The third-order valence-electron chi connectivity index (χ3n) is 2.10. The molecule has 0 saturated carbocycles. The van der Waals surface area contributed by atoms with Crippen LogP contribution in [-0.4, -0.2) is 18.1 Å². The molecule has 0 fully saturated rings. The van der Waals surface area contributed by atoms with Gasteiger partial charge >= 0.3 is 58.4 Å². The second-order valence-electron chi connectivity index (χ2n) is 3.32. The van der Waals surface area contributed by atoms with Crippen molar-refractivity contribution < 1.29 is 69.4 Å². The molecule has 16 heavy (non-hydrogen) atoms. The van der Waals surface area contributed by atoms with Crippen molar-refractivity contribution >= 4 is 18.6 Å². The fraction of sp³-hybridized carbons (Fsp3) is 0.333. The van der Waals surface area contributed by atoms with Crippen LogP contribution in [0.15, 0.2) is 24.3 Å². The first-order valence-corrected chi connectivity index (χ1v) is 4.90. The molecule has 1 unspecified atom stereocenters. The predicted octanol–water partition coefficient (Wildman–Crippen LogP) is 0.0241. The fourth-order valence-corrected chi connectivity index (χ4v) is 1.42. The number of halogens is 4. The Balaban J connectivity index is 0.00000225. The van der Waals surface area contributed by atoms with Gasteiger partial charge in [0.2, 0.25) is 0 Å². The summed E-state index contributed by atoms with van der Waals surface area (Å²) in [7, 11) is 0. The van der Waals surface area contributed by atoms with Crippen LogP contribution in [-0.2, 0) is 6.42 Å². The number of benzene rings is 1. The van der Waals surface area contributed by atoms with Crippen molar-refractivity contribution in [2.75, 3.05) is 0 Å². The maximum atomic E-state index is 12.0. The summed E-state index contributed by atoms with van der Waals surface area (Å²) in [6.07, 6.45) is -0.213. The summed E-state index contributed by atoms with van der Waals surface area (Å²) in [5.74, 6) is 0. The number of aliphatic hydroxyl groups excluding tert-OH is 1. The molecule has 1 aromatic carbocycles. The molecule has 1 nitrogen and oxygen atoms in total. The Kier molecular flexibility index (Phi) is 7.85. The summed E-state index contributed by atoms with van der Waals surface area (Å²) in [6.45, 7) is -5.17. The second kappa shape index (κ2) is 7.41. The summed E-state index contributed by atoms with van der Waals surface area (Å²) >= 11 is 5.76. The first-order chi connectivity index (χ1) is 6.91. The van der Waals surface area contributed by atoms with E-state index in [1.165, 1.54) is 0 Å². The minimum absolute atomic E-state index is 0. The van der Waals surface area contributed by atoms with Crippen LogP contribution in [0.4, 0.5) is 12.9 Å². The number of aliphatic hydroxyl groups is 1. The number of hydrogen-bond donors (Lipinski definition) is 1. The van der Waals surface area contributed by atoms with Gasteiger partial charge in [-0.3, -0.25) is 0 Å².